The van der Waals surface area contributed by atoms with Gasteiger partial charge in [0.15, 0.2) is 0 Å². The third-order valence-electron chi connectivity index (χ3n) is 2.05. The van der Waals surface area contributed by atoms with Gasteiger partial charge in [0.1, 0.15) is 0 Å². The second-order valence-corrected chi connectivity index (χ2v) is 4.82. The number of hydrogen-bond acceptors (Lipinski definition) is 2. The number of benzene rings is 1. The molecule has 0 amide bonds. The Morgan fingerprint density at radius 3 is 3.08 bits per heavy atom. The lowest BCUT2D eigenvalue weighted by Crippen LogP contribution is -2.27. The second kappa shape index (κ2) is 2.90. The molecule has 1 N–H and O–H groups in total. The first-order valence-corrected chi connectivity index (χ1v) is 5.24. The molecule has 2 rings (SSSR count). The minimum Gasteiger partial charge on any atom is -0.383 e. The Hall–Kier alpha value is -0.830. The van der Waals surface area contributed by atoms with Gasteiger partial charge in [0, 0.05) is 6.54 Å². The van der Waals surface area contributed by atoms with Crippen molar-refractivity contribution < 1.29 is 4.21 Å². The summed E-state index contributed by atoms with van der Waals surface area (Å²) in [6.07, 6.45) is 0. The summed E-state index contributed by atoms with van der Waals surface area (Å²) < 4.78 is 11.7. The van der Waals surface area contributed by atoms with Crippen LogP contribution in [0.2, 0.25) is 0 Å². The Bertz CT molecular complexity index is 324. The van der Waals surface area contributed by atoms with E-state index in [0.717, 1.165) is 17.1 Å². The molecule has 1 heterocycles. The second-order valence-electron chi connectivity index (χ2n) is 2.99. The van der Waals surface area contributed by atoms with E-state index in [1.807, 2.05) is 31.2 Å². The van der Waals surface area contributed by atoms with Crippen molar-refractivity contribution in [2.75, 3.05) is 11.9 Å². The van der Waals surface area contributed by atoms with Crippen molar-refractivity contribution in [1.82, 2.24) is 0 Å². The molecule has 0 bridgehead atoms. The Labute approximate surface area is 74.4 Å². The molecule has 0 radical (unpaired) electrons. The molecule has 3 heteroatoms. The molecule has 12 heavy (non-hydrogen) atoms. The minimum atomic E-state index is -0.822. The number of hydrogen-bond donors (Lipinski definition) is 1. The zero-order valence-electron chi connectivity index (χ0n) is 6.91. The van der Waals surface area contributed by atoms with Gasteiger partial charge in [-0.1, -0.05) is 12.1 Å². The predicted molar refractivity (Wildman–Crippen MR) is 50.8 cm³/mol. The SMILES string of the molecule is C[C@@H]1CNc2ccccc2[S@@]1=O. The zero-order chi connectivity index (χ0) is 8.55. The van der Waals surface area contributed by atoms with Crippen LogP contribution in [-0.4, -0.2) is 16.0 Å². The zero-order valence-corrected chi connectivity index (χ0v) is 7.73. The maximum absolute atomic E-state index is 11.7. The highest BCUT2D eigenvalue weighted by molar-refractivity contribution is 7.86. The molecule has 0 fully saturated rings. The van der Waals surface area contributed by atoms with E-state index in [9.17, 15) is 4.21 Å². The lowest BCUT2D eigenvalue weighted by atomic mass is 10.3. The standard InChI is InChI=1S/C9H11NOS/c1-7-6-10-8-4-2-3-5-9(8)12(7)11/h2-5,7,10H,6H2,1H3/t7-,12-/m1/s1. The summed E-state index contributed by atoms with van der Waals surface area (Å²) in [5.74, 6) is 0. The maximum Gasteiger partial charge on any atom is 0.0622 e. The molecule has 0 aliphatic carbocycles. The fourth-order valence-corrected chi connectivity index (χ4v) is 2.57. The third-order valence-corrected chi connectivity index (χ3v) is 3.74. The van der Waals surface area contributed by atoms with E-state index in [2.05, 4.69) is 5.32 Å². The summed E-state index contributed by atoms with van der Waals surface area (Å²) in [6.45, 7) is 2.81. The lowest BCUT2D eigenvalue weighted by Gasteiger charge is -2.22. The molecular formula is C9H11NOS. The summed E-state index contributed by atoms with van der Waals surface area (Å²) in [5, 5.41) is 3.47. The van der Waals surface area contributed by atoms with Crippen LogP contribution in [0.3, 0.4) is 0 Å². The summed E-state index contributed by atoms with van der Waals surface area (Å²) >= 11 is 0. The topological polar surface area (TPSA) is 29.1 Å². The van der Waals surface area contributed by atoms with Crippen LogP contribution in [0.15, 0.2) is 29.2 Å². The van der Waals surface area contributed by atoms with Crippen molar-refractivity contribution >= 4 is 16.5 Å². The van der Waals surface area contributed by atoms with Crippen LogP contribution in [0, 0.1) is 0 Å². The van der Waals surface area contributed by atoms with Crippen LogP contribution in [0.1, 0.15) is 6.92 Å². The first-order valence-electron chi connectivity index (χ1n) is 4.02. The van der Waals surface area contributed by atoms with Crippen LogP contribution in [0.25, 0.3) is 0 Å². The van der Waals surface area contributed by atoms with Gasteiger partial charge in [0.2, 0.25) is 0 Å². The minimum absolute atomic E-state index is 0.222. The van der Waals surface area contributed by atoms with Gasteiger partial charge < -0.3 is 5.32 Å². The third kappa shape index (κ3) is 1.14. The largest absolute Gasteiger partial charge is 0.383 e. The van der Waals surface area contributed by atoms with Crippen molar-refractivity contribution in [3.8, 4) is 0 Å². The highest BCUT2D eigenvalue weighted by Crippen LogP contribution is 2.25. The molecular weight excluding hydrogens is 170 g/mol. The van der Waals surface area contributed by atoms with Gasteiger partial charge in [0.25, 0.3) is 0 Å². The Morgan fingerprint density at radius 2 is 2.25 bits per heavy atom. The summed E-state index contributed by atoms with van der Waals surface area (Å²) in [7, 11) is -0.822. The van der Waals surface area contributed by atoms with E-state index in [-0.39, 0.29) is 5.25 Å². The van der Waals surface area contributed by atoms with Crippen molar-refractivity contribution in [2.45, 2.75) is 17.1 Å². The molecule has 0 saturated heterocycles. The number of para-hydroxylation sites is 1. The number of fused-ring (bicyclic) bond motifs is 1. The van der Waals surface area contributed by atoms with Crippen LogP contribution in [-0.2, 0) is 10.8 Å². The molecule has 1 aromatic carbocycles. The van der Waals surface area contributed by atoms with Crippen molar-refractivity contribution in [3.05, 3.63) is 24.3 Å². The van der Waals surface area contributed by atoms with Gasteiger partial charge in [-0.25, -0.2) is 0 Å². The average molecular weight is 181 g/mol. The summed E-state index contributed by atoms with van der Waals surface area (Å²) in [4.78, 5) is 0.941. The average Bonchev–Trinajstić information content (AvgIpc) is 2.12. The van der Waals surface area contributed by atoms with Gasteiger partial charge in [-0.05, 0) is 19.1 Å². The maximum atomic E-state index is 11.7. The van der Waals surface area contributed by atoms with E-state index in [4.69, 9.17) is 0 Å². The van der Waals surface area contributed by atoms with E-state index < -0.39 is 10.8 Å². The molecule has 64 valence electrons. The molecule has 0 saturated carbocycles. The highest BCUT2D eigenvalue weighted by Gasteiger charge is 2.20. The van der Waals surface area contributed by atoms with Gasteiger partial charge in [0.05, 0.1) is 26.6 Å². The first-order chi connectivity index (χ1) is 5.79. The van der Waals surface area contributed by atoms with Crippen molar-refractivity contribution in [3.63, 3.8) is 0 Å². The van der Waals surface area contributed by atoms with E-state index in [1.54, 1.807) is 0 Å². The Kier molecular flexibility index (Phi) is 1.89. The number of rotatable bonds is 0. The summed E-state index contributed by atoms with van der Waals surface area (Å²) in [6, 6.07) is 7.78. The number of nitrogens with one attached hydrogen (secondary N) is 1. The van der Waals surface area contributed by atoms with Crippen LogP contribution in [0.4, 0.5) is 5.69 Å². The predicted octanol–water partition coefficient (Wildman–Crippen LogP) is 1.61. The molecule has 2 atom stereocenters. The van der Waals surface area contributed by atoms with Gasteiger partial charge >= 0.3 is 0 Å². The van der Waals surface area contributed by atoms with Gasteiger partial charge in [-0.15, -0.1) is 0 Å². The van der Waals surface area contributed by atoms with E-state index >= 15 is 0 Å². The lowest BCUT2D eigenvalue weighted by molar-refractivity contribution is 0.672. The normalized spacial score (nSPS) is 27.4. The van der Waals surface area contributed by atoms with Crippen molar-refractivity contribution in [1.29, 1.82) is 0 Å². The highest BCUT2D eigenvalue weighted by atomic mass is 32.2. The van der Waals surface area contributed by atoms with Gasteiger partial charge in [-0.3, -0.25) is 4.21 Å². The van der Waals surface area contributed by atoms with Gasteiger partial charge in [-0.2, -0.15) is 0 Å². The summed E-state index contributed by atoms with van der Waals surface area (Å²) in [5.41, 5.74) is 1.02. The van der Waals surface area contributed by atoms with Crippen LogP contribution in [0.5, 0.6) is 0 Å². The van der Waals surface area contributed by atoms with E-state index in [0.29, 0.717) is 0 Å². The molecule has 1 aromatic rings. The van der Waals surface area contributed by atoms with Crippen LogP contribution < -0.4 is 5.32 Å². The molecule has 1 aliphatic heterocycles. The fraction of sp³-hybridized carbons (Fsp3) is 0.333. The fourth-order valence-electron chi connectivity index (χ4n) is 1.33. The first kappa shape index (κ1) is 7.80. The molecule has 0 spiro atoms. The Morgan fingerprint density at radius 1 is 1.50 bits per heavy atom. The monoisotopic (exact) mass is 181 g/mol. The van der Waals surface area contributed by atoms with Crippen LogP contribution >= 0.6 is 0 Å². The quantitative estimate of drug-likeness (QED) is 0.658. The van der Waals surface area contributed by atoms with E-state index in [1.165, 1.54) is 0 Å². The molecule has 0 unspecified atom stereocenters. The smallest absolute Gasteiger partial charge is 0.0622 e. The Balaban J connectivity index is 2.49. The van der Waals surface area contributed by atoms with Crippen molar-refractivity contribution in [2.24, 2.45) is 0 Å². The number of anilines is 1. The molecule has 0 aromatic heterocycles. The molecule has 1 aliphatic rings. The molecule has 2 nitrogen and oxygen atoms in total.